The van der Waals surface area contributed by atoms with Gasteiger partial charge in [0.2, 0.25) is 5.91 Å². The molecule has 5 unspecified atom stereocenters. The first-order chi connectivity index (χ1) is 34.2. The van der Waals surface area contributed by atoms with Crippen LogP contribution in [0.2, 0.25) is 0 Å². The van der Waals surface area contributed by atoms with Gasteiger partial charge in [0.05, 0.1) is 47.6 Å². The van der Waals surface area contributed by atoms with Gasteiger partial charge in [0.1, 0.15) is 36.7 Å². The van der Waals surface area contributed by atoms with E-state index in [0.717, 1.165) is 24.3 Å². The fourth-order valence-electron chi connectivity index (χ4n) is 12.5. The highest BCUT2D eigenvalue weighted by molar-refractivity contribution is 5.76. The first-order valence-electron chi connectivity index (χ1n) is 26.9. The van der Waals surface area contributed by atoms with Gasteiger partial charge in [-0.25, -0.2) is 4.39 Å². The number of aliphatic hydroxyl groups is 5. The van der Waals surface area contributed by atoms with E-state index in [2.05, 4.69) is 10.2 Å². The third-order valence-electron chi connectivity index (χ3n) is 17.4. The van der Waals surface area contributed by atoms with E-state index in [0.29, 0.717) is 37.3 Å². The number of hydrogen-bond donors (Lipinski definition) is 7. The van der Waals surface area contributed by atoms with Crippen molar-refractivity contribution in [2.75, 3.05) is 59.0 Å². The van der Waals surface area contributed by atoms with Gasteiger partial charge in [-0.3, -0.25) is 9.59 Å². The number of carbonyl (C=O) groups is 2. The summed E-state index contributed by atoms with van der Waals surface area (Å²) in [5, 5.41) is 62.5. The Morgan fingerprint density at radius 1 is 0.973 bits per heavy atom. The van der Waals surface area contributed by atoms with Crippen LogP contribution in [-0.4, -0.2) is 204 Å². The number of aliphatic hydroxyl groups excluding tert-OH is 3. The molecule has 0 aromatic heterocycles. The van der Waals surface area contributed by atoms with Crippen LogP contribution in [0.25, 0.3) is 0 Å². The first-order valence-corrected chi connectivity index (χ1v) is 26.9. The fraction of sp³-hybridized carbons (Fsp3) is 0.852. The van der Waals surface area contributed by atoms with Gasteiger partial charge in [0.15, 0.2) is 12.6 Å². The molecular formula is C54H92FN5O13. The molecular weight excluding hydrogens is 946 g/mol. The highest BCUT2D eigenvalue weighted by atomic mass is 19.1. The molecule has 4 saturated heterocycles. The molecule has 0 spiro atoms. The van der Waals surface area contributed by atoms with Gasteiger partial charge in [-0.2, -0.15) is 0 Å². The third-order valence-corrected chi connectivity index (χ3v) is 17.4. The lowest BCUT2D eigenvalue weighted by Crippen LogP contribution is -2.61. The Balaban J connectivity index is 1.20. The molecule has 0 radical (unpaired) electrons. The average molecular weight is 1040 g/mol. The minimum absolute atomic E-state index is 0.0357. The van der Waals surface area contributed by atoms with Gasteiger partial charge in [-0.1, -0.05) is 32.9 Å². The summed E-state index contributed by atoms with van der Waals surface area (Å²) in [5.74, 6) is -2.12. The van der Waals surface area contributed by atoms with Gasteiger partial charge in [0, 0.05) is 75.9 Å². The van der Waals surface area contributed by atoms with Crippen LogP contribution >= 0.6 is 0 Å². The number of rotatable bonds is 15. The summed E-state index contributed by atoms with van der Waals surface area (Å²) in [4.78, 5) is 34.0. The number of amides is 1. The zero-order valence-corrected chi connectivity index (χ0v) is 45.9. The van der Waals surface area contributed by atoms with Crippen LogP contribution in [0.15, 0.2) is 24.3 Å². The average Bonchev–Trinajstić information content (AvgIpc) is 3.69. The molecule has 21 atom stereocenters. The largest absolute Gasteiger partial charge is 0.459 e. The van der Waals surface area contributed by atoms with Crippen molar-refractivity contribution in [3.63, 3.8) is 0 Å². The molecule has 4 aliphatic heterocycles. The summed E-state index contributed by atoms with van der Waals surface area (Å²) in [6, 6.07) is 6.49. The zero-order chi connectivity index (χ0) is 54.1. The van der Waals surface area contributed by atoms with Gasteiger partial charge < -0.3 is 79.7 Å². The molecule has 1 aliphatic carbocycles. The number of methoxy groups -OCH3 is 1. The normalized spacial score (nSPS) is 43.7. The van der Waals surface area contributed by atoms with Crippen LogP contribution in [-0.2, 0) is 44.4 Å². The first kappa shape index (κ1) is 59.6. The second-order valence-electron chi connectivity index (χ2n) is 23.5. The predicted octanol–water partition coefficient (Wildman–Crippen LogP) is 2.75. The number of benzene rings is 1. The number of likely N-dealkylation sites (N-methyl/N-ethyl adjacent to an activating group) is 2. The Morgan fingerprint density at radius 2 is 1.62 bits per heavy atom. The molecule has 5 fully saturated rings. The number of hydrogen-bond acceptors (Lipinski definition) is 17. The number of nitrogens with zero attached hydrogens (tertiary/aromatic N) is 3. The van der Waals surface area contributed by atoms with Crippen LogP contribution in [0, 0.1) is 29.6 Å². The summed E-state index contributed by atoms with van der Waals surface area (Å²) in [7, 11) is 5.11. The molecule has 4 heterocycles. The van der Waals surface area contributed by atoms with Crippen molar-refractivity contribution in [1.82, 2.24) is 15.1 Å². The molecule has 1 aromatic rings. The Morgan fingerprint density at radius 3 is 2.22 bits per heavy atom. The second kappa shape index (κ2) is 24.4. The molecule has 0 bridgehead atoms. The van der Waals surface area contributed by atoms with Crippen molar-refractivity contribution >= 4 is 17.6 Å². The van der Waals surface area contributed by atoms with Crippen LogP contribution < -0.4 is 16.0 Å². The molecule has 418 valence electrons. The van der Waals surface area contributed by atoms with E-state index in [4.69, 9.17) is 34.2 Å². The third kappa shape index (κ3) is 13.7. The van der Waals surface area contributed by atoms with E-state index in [1.165, 1.54) is 14.0 Å². The molecule has 19 heteroatoms. The van der Waals surface area contributed by atoms with Crippen molar-refractivity contribution in [3.8, 4) is 0 Å². The maximum Gasteiger partial charge on any atom is 0.311 e. The summed E-state index contributed by atoms with van der Waals surface area (Å²) in [6.45, 7) is 19.1. The standard InChI is InChI=1S/C54H92FN5O13/c1-14-41-54(10,67)47(63)33(6)59(12)26-29(2)23-52(8,66)49(31(4)46(32(5)50(65)71-41)72-43-24-53(9,68-13)48(64)34(7)70-43)73-51-45(62)40(21-30(3)69-51)58(11)20-19-42(61)57-36(25-55)22-35-15-17-37(18-16-35)60-27-38-39(28-60)44(38)56/h15-18,29-34,36,38-41,43-49,51,62-64,66-67H,14,19-28,56H2,1-13H3,(H,57,61)/t29-,30-,31+,32-,33-,34+,36+,38?,39?,40+,41-,43+,44?,45-,46+,47-,48+,49-,51+,52?,53?,54?/m1/s1. The summed E-state index contributed by atoms with van der Waals surface area (Å²) >= 11 is 0. The number of nitrogens with two attached hydrogens (primary N) is 1. The Kier molecular flexibility index (Phi) is 19.9. The Hall–Kier alpha value is -2.63. The molecule has 5 aliphatic rings. The zero-order valence-electron chi connectivity index (χ0n) is 45.9. The number of fused-ring (bicyclic) bond motifs is 1. The monoisotopic (exact) mass is 1040 g/mol. The van der Waals surface area contributed by atoms with E-state index in [1.807, 2.05) is 55.0 Å². The SMILES string of the molecule is CC[C@H]1OC(=O)[C@H](C)[C@@H](O[C@H]2CC(C)(OC)[C@@H](O)[C@H](C)O2)[C@H](C)[C@@H](O[C@@H]2O[C@H](C)C[C@H](N(C)CCC(=O)N[C@H](CF)Cc3ccc(N4CC5C(N)C5C4)cc3)[C@H]2O)C(C)(O)C[C@@H](C)CN(C)[C@H](C)[C@@H](O)C1(C)O. The van der Waals surface area contributed by atoms with Crippen LogP contribution in [0.3, 0.4) is 0 Å². The second-order valence-corrected chi connectivity index (χ2v) is 23.5. The number of nitrogens with one attached hydrogen (secondary N) is 1. The Labute approximate surface area is 433 Å². The molecule has 1 amide bonds. The van der Waals surface area contributed by atoms with Crippen molar-refractivity contribution in [2.45, 2.75) is 210 Å². The van der Waals surface area contributed by atoms with E-state index in [9.17, 15) is 39.5 Å². The van der Waals surface area contributed by atoms with Crippen LogP contribution in [0.4, 0.5) is 10.1 Å². The number of esters is 1. The summed E-state index contributed by atoms with van der Waals surface area (Å²) in [5.41, 5.74) is 3.54. The molecule has 1 saturated carbocycles. The number of carbonyl (C=O) groups excluding carboxylic acids is 2. The lowest BCUT2D eigenvalue weighted by Gasteiger charge is -2.49. The smallest absolute Gasteiger partial charge is 0.311 e. The van der Waals surface area contributed by atoms with Gasteiger partial charge in [-0.05, 0) is 124 Å². The van der Waals surface area contributed by atoms with E-state index >= 15 is 0 Å². The van der Waals surface area contributed by atoms with Crippen molar-refractivity contribution in [3.05, 3.63) is 29.8 Å². The van der Waals surface area contributed by atoms with E-state index in [1.54, 1.807) is 55.5 Å². The van der Waals surface area contributed by atoms with E-state index in [-0.39, 0.29) is 44.1 Å². The summed E-state index contributed by atoms with van der Waals surface area (Å²) in [6.07, 6.45) is -9.34. The lowest BCUT2D eigenvalue weighted by molar-refractivity contribution is -0.318. The minimum atomic E-state index is -1.86. The maximum absolute atomic E-state index is 14.5. The summed E-state index contributed by atoms with van der Waals surface area (Å²) < 4.78 is 52.5. The number of anilines is 1. The van der Waals surface area contributed by atoms with Gasteiger partial charge in [0.25, 0.3) is 0 Å². The van der Waals surface area contributed by atoms with Gasteiger partial charge in [-0.15, -0.1) is 0 Å². The Bertz CT molecular complexity index is 1940. The number of halogens is 1. The fourth-order valence-corrected chi connectivity index (χ4v) is 12.5. The number of ether oxygens (including phenoxy) is 6. The predicted molar refractivity (Wildman–Crippen MR) is 273 cm³/mol. The molecule has 73 heavy (non-hydrogen) atoms. The lowest BCUT2D eigenvalue weighted by atomic mass is 9.77. The number of piperidine rings is 1. The van der Waals surface area contributed by atoms with Crippen molar-refractivity contribution < 1.29 is 67.9 Å². The molecule has 18 nitrogen and oxygen atoms in total. The molecule has 6 rings (SSSR count). The number of alkyl halides is 1. The maximum atomic E-state index is 14.5. The van der Waals surface area contributed by atoms with Crippen LogP contribution in [0.5, 0.6) is 0 Å². The quantitative estimate of drug-likeness (QED) is 0.125. The molecule has 1 aromatic carbocycles. The van der Waals surface area contributed by atoms with Crippen molar-refractivity contribution in [1.29, 1.82) is 0 Å². The molecule has 8 N–H and O–H groups in total. The van der Waals surface area contributed by atoms with E-state index < -0.39 is 121 Å². The number of cyclic esters (lactones) is 1. The minimum Gasteiger partial charge on any atom is -0.459 e. The van der Waals surface area contributed by atoms with Gasteiger partial charge >= 0.3 is 5.97 Å². The topological polar surface area (TPSA) is 238 Å². The highest BCUT2D eigenvalue weighted by Crippen LogP contribution is 2.45. The van der Waals surface area contributed by atoms with Crippen molar-refractivity contribution in [2.24, 2.45) is 35.3 Å². The highest BCUT2D eigenvalue weighted by Gasteiger charge is 2.55. The van der Waals surface area contributed by atoms with Crippen LogP contribution in [0.1, 0.15) is 107 Å².